The molecule has 1 nitrogen and oxygen atoms in total. The quantitative estimate of drug-likeness (QED) is 0.164. The average Bonchev–Trinajstić information content (AvgIpc) is 3.10. The summed E-state index contributed by atoms with van der Waals surface area (Å²) in [4.78, 5) is 4.78. The highest BCUT2D eigenvalue weighted by Gasteiger charge is 2.22. The highest BCUT2D eigenvalue weighted by molar-refractivity contribution is 5.70. The normalized spacial score (nSPS) is 11.4. The molecule has 0 aliphatic carbocycles. The number of pyridine rings is 1. The van der Waals surface area contributed by atoms with Crippen LogP contribution in [-0.4, -0.2) is 4.98 Å². The fraction of sp³-hybridized carbons (Fsp3) is 0.286. The lowest BCUT2D eigenvalue weighted by Crippen LogP contribution is -2.14. The Labute approximate surface area is 324 Å². The molecule has 0 saturated carbocycles. The maximum absolute atomic E-state index is 14.7. The standard InChI is InChI=1S/C17H17F3.C16H16F2.C16H19N/c1-10-8-14(18)15(19)9-12(10)11-6-5-7-13(16(11)20)17(2,3)4;1-10(2)12-5-4-6-13(8-12)16-11(3)7-14(17)9-15(16)18;1-12-8-5-6-9-13(12)14-10-7-11-15(17-14)16(2,3)4/h5-9H,1-4H3;4-10H,1-3H3;5-11H,1-4H3. The zero-order chi connectivity index (χ0) is 40.8. The number of nitrogens with zero attached hydrogens (tertiary/aromatic N) is 1. The van der Waals surface area contributed by atoms with E-state index in [0.29, 0.717) is 39.3 Å². The third-order valence-electron chi connectivity index (χ3n) is 9.40. The molecule has 0 saturated heterocycles. The van der Waals surface area contributed by atoms with Gasteiger partial charge in [-0.3, -0.25) is 4.98 Å². The van der Waals surface area contributed by atoms with Crippen molar-refractivity contribution >= 4 is 0 Å². The van der Waals surface area contributed by atoms with Gasteiger partial charge < -0.3 is 0 Å². The summed E-state index contributed by atoms with van der Waals surface area (Å²) >= 11 is 0. The van der Waals surface area contributed by atoms with Gasteiger partial charge in [0.2, 0.25) is 0 Å². The molecule has 6 aromatic rings. The van der Waals surface area contributed by atoms with Gasteiger partial charge in [0, 0.05) is 33.9 Å². The van der Waals surface area contributed by atoms with E-state index in [2.05, 4.69) is 84.0 Å². The Balaban J connectivity index is 0.000000184. The fourth-order valence-electron chi connectivity index (χ4n) is 6.24. The van der Waals surface area contributed by atoms with Crippen molar-refractivity contribution < 1.29 is 22.0 Å². The molecule has 0 aliphatic rings. The van der Waals surface area contributed by atoms with Crippen LogP contribution >= 0.6 is 0 Å². The van der Waals surface area contributed by atoms with E-state index >= 15 is 0 Å². The van der Waals surface area contributed by atoms with Gasteiger partial charge in [-0.25, -0.2) is 22.0 Å². The molecule has 0 atom stereocenters. The van der Waals surface area contributed by atoms with E-state index in [1.807, 2.05) is 45.0 Å². The molecule has 0 radical (unpaired) electrons. The van der Waals surface area contributed by atoms with E-state index in [0.717, 1.165) is 40.7 Å². The van der Waals surface area contributed by atoms with Gasteiger partial charge in [-0.2, -0.15) is 0 Å². The Morgan fingerprint density at radius 1 is 0.509 bits per heavy atom. The van der Waals surface area contributed by atoms with Crippen LogP contribution in [0.25, 0.3) is 33.5 Å². The largest absolute Gasteiger partial charge is 0.252 e. The van der Waals surface area contributed by atoms with Crippen molar-refractivity contribution in [2.24, 2.45) is 0 Å². The van der Waals surface area contributed by atoms with Gasteiger partial charge in [0.15, 0.2) is 11.6 Å². The van der Waals surface area contributed by atoms with Gasteiger partial charge in [-0.05, 0) is 101 Å². The Hall–Kier alpha value is -5.10. The second kappa shape index (κ2) is 17.6. The predicted octanol–water partition coefficient (Wildman–Crippen LogP) is 14.8. The molecular formula is C49H52F5N. The van der Waals surface area contributed by atoms with Crippen LogP contribution in [0.3, 0.4) is 0 Å². The SMILES string of the molecule is Cc1cc(F)c(F)cc1-c1cccc(C(C)(C)C)c1F.Cc1cc(F)cc(F)c1-c1cccc(C(C)C)c1.Cc1ccccc1-c1cccc(C(C)(C)C)n1. The summed E-state index contributed by atoms with van der Waals surface area (Å²) in [6, 6.07) is 31.9. The molecule has 0 N–H and O–H groups in total. The molecule has 6 rings (SSSR count). The zero-order valence-corrected chi connectivity index (χ0v) is 33.8. The Bertz CT molecular complexity index is 2230. The summed E-state index contributed by atoms with van der Waals surface area (Å²) in [6.07, 6.45) is 0. The van der Waals surface area contributed by atoms with Crippen molar-refractivity contribution in [2.75, 3.05) is 0 Å². The van der Waals surface area contributed by atoms with E-state index in [1.165, 1.54) is 17.2 Å². The first-order valence-electron chi connectivity index (χ1n) is 18.5. The monoisotopic (exact) mass is 749 g/mol. The molecule has 55 heavy (non-hydrogen) atoms. The van der Waals surface area contributed by atoms with Crippen LogP contribution in [0, 0.1) is 49.9 Å². The van der Waals surface area contributed by atoms with Crippen LogP contribution in [0.2, 0.25) is 0 Å². The zero-order valence-electron chi connectivity index (χ0n) is 33.8. The van der Waals surface area contributed by atoms with Crippen molar-refractivity contribution in [3.63, 3.8) is 0 Å². The highest BCUT2D eigenvalue weighted by Crippen LogP contribution is 2.34. The second-order valence-corrected chi connectivity index (χ2v) is 16.3. The average molecular weight is 750 g/mol. The minimum atomic E-state index is -0.967. The van der Waals surface area contributed by atoms with Gasteiger partial charge in [0.1, 0.15) is 17.5 Å². The number of hydrogen-bond donors (Lipinski definition) is 0. The minimum absolute atomic E-state index is 0.0959. The van der Waals surface area contributed by atoms with E-state index in [4.69, 9.17) is 4.98 Å². The van der Waals surface area contributed by atoms with Crippen molar-refractivity contribution in [3.05, 3.63) is 172 Å². The first-order chi connectivity index (χ1) is 25.7. The topological polar surface area (TPSA) is 12.9 Å². The first kappa shape index (κ1) is 42.6. The Morgan fingerprint density at radius 3 is 1.75 bits per heavy atom. The lowest BCUT2D eigenvalue weighted by atomic mass is 9.84. The van der Waals surface area contributed by atoms with E-state index in [9.17, 15) is 22.0 Å². The van der Waals surface area contributed by atoms with Crippen molar-refractivity contribution in [2.45, 2.75) is 92.9 Å². The summed E-state index contributed by atoms with van der Waals surface area (Å²) in [5.74, 6) is -2.92. The van der Waals surface area contributed by atoms with Gasteiger partial charge in [-0.15, -0.1) is 0 Å². The molecule has 0 amide bonds. The molecule has 6 heteroatoms. The molecule has 0 spiro atoms. The number of benzene rings is 5. The van der Waals surface area contributed by atoms with Crippen LogP contribution in [0.5, 0.6) is 0 Å². The number of rotatable bonds is 4. The fourth-order valence-corrected chi connectivity index (χ4v) is 6.24. The maximum Gasteiger partial charge on any atom is 0.159 e. The maximum atomic E-state index is 14.7. The lowest BCUT2D eigenvalue weighted by molar-refractivity contribution is 0.507. The van der Waals surface area contributed by atoms with E-state index in [1.54, 1.807) is 32.0 Å². The first-order valence-corrected chi connectivity index (χ1v) is 18.5. The molecule has 0 unspecified atom stereocenters. The number of halogens is 5. The lowest BCUT2D eigenvalue weighted by Gasteiger charge is -2.21. The van der Waals surface area contributed by atoms with Crippen LogP contribution in [0.4, 0.5) is 22.0 Å². The number of hydrogen-bond acceptors (Lipinski definition) is 1. The van der Waals surface area contributed by atoms with Crippen LogP contribution in [0.1, 0.15) is 94.8 Å². The molecule has 288 valence electrons. The summed E-state index contributed by atoms with van der Waals surface area (Å²) in [7, 11) is 0. The smallest absolute Gasteiger partial charge is 0.159 e. The van der Waals surface area contributed by atoms with Gasteiger partial charge in [0.05, 0.1) is 5.69 Å². The molecule has 5 aromatic carbocycles. The molecule has 0 aliphatic heterocycles. The summed E-state index contributed by atoms with van der Waals surface area (Å²) in [6.45, 7) is 22.0. The molecule has 1 aromatic heterocycles. The van der Waals surface area contributed by atoms with Crippen LogP contribution in [-0.2, 0) is 10.8 Å². The van der Waals surface area contributed by atoms with Crippen LogP contribution < -0.4 is 0 Å². The third kappa shape index (κ3) is 10.8. The number of aromatic nitrogens is 1. The Morgan fingerprint density at radius 2 is 1.13 bits per heavy atom. The van der Waals surface area contributed by atoms with Crippen molar-refractivity contribution in [1.82, 2.24) is 4.98 Å². The predicted molar refractivity (Wildman–Crippen MR) is 219 cm³/mol. The third-order valence-corrected chi connectivity index (χ3v) is 9.40. The molecule has 1 heterocycles. The van der Waals surface area contributed by atoms with Crippen LogP contribution in [0.15, 0.2) is 109 Å². The molecule has 0 bridgehead atoms. The van der Waals surface area contributed by atoms with Gasteiger partial charge >= 0.3 is 0 Å². The molecule has 0 fully saturated rings. The van der Waals surface area contributed by atoms with E-state index in [-0.39, 0.29) is 16.6 Å². The number of aryl methyl sites for hydroxylation is 3. The summed E-state index contributed by atoms with van der Waals surface area (Å²) in [5, 5.41) is 0. The Kier molecular flexibility index (Phi) is 13.6. The molecular weight excluding hydrogens is 698 g/mol. The summed E-state index contributed by atoms with van der Waals surface area (Å²) in [5.41, 5.74) is 9.23. The second-order valence-electron chi connectivity index (χ2n) is 16.3. The minimum Gasteiger partial charge on any atom is -0.252 e. The van der Waals surface area contributed by atoms with Crippen molar-refractivity contribution in [3.8, 4) is 33.5 Å². The summed E-state index contributed by atoms with van der Waals surface area (Å²) < 4.78 is 68.2. The van der Waals surface area contributed by atoms with Crippen molar-refractivity contribution in [1.29, 1.82) is 0 Å². The van der Waals surface area contributed by atoms with Gasteiger partial charge in [0.25, 0.3) is 0 Å². The highest BCUT2D eigenvalue weighted by atomic mass is 19.2. The van der Waals surface area contributed by atoms with E-state index < -0.39 is 23.3 Å². The van der Waals surface area contributed by atoms with Gasteiger partial charge in [-0.1, -0.05) is 128 Å².